The number of rotatable bonds is 8. The van der Waals surface area contributed by atoms with Crippen molar-refractivity contribution in [1.29, 1.82) is 0 Å². The van der Waals surface area contributed by atoms with E-state index >= 15 is 0 Å². The van der Waals surface area contributed by atoms with Gasteiger partial charge in [0, 0.05) is 6.54 Å². The van der Waals surface area contributed by atoms with Crippen LogP contribution in [0.1, 0.15) is 24.2 Å². The van der Waals surface area contributed by atoms with Crippen LogP contribution in [0.2, 0.25) is 0 Å². The van der Waals surface area contributed by atoms with Gasteiger partial charge in [0.15, 0.2) is 11.5 Å². The Morgan fingerprint density at radius 2 is 1.81 bits per heavy atom. The Kier molecular flexibility index (Phi) is 7.00. The van der Waals surface area contributed by atoms with Crippen LogP contribution >= 0.6 is 0 Å². The number of carbonyl (C=O) groups is 1. The van der Waals surface area contributed by atoms with Gasteiger partial charge in [0.05, 0.1) is 6.61 Å². The molecule has 0 fully saturated rings. The molecule has 0 heterocycles. The van der Waals surface area contributed by atoms with Crippen LogP contribution in [-0.4, -0.2) is 52.4 Å². The zero-order valence-electron chi connectivity index (χ0n) is 15.0. The lowest BCUT2D eigenvalue weighted by atomic mass is 10.00. The highest BCUT2D eigenvalue weighted by molar-refractivity contribution is 5.77. The van der Waals surface area contributed by atoms with E-state index in [1.165, 1.54) is 18.2 Å². The summed E-state index contributed by atoms with van der Waals surface area (Å²) in [7, 11) is 1.74. The van der Waals surface area contributed by atoms with Crippen LogP contribution in [0.3, 0.4) is 0 Å². The molecule has 2 aromatic rings. The number of phenolic OH excluding ortho intramolecular Hbond substituents is 2. The van der Waals surface area contributed by atoms with E-state index in [-0.39, 0.29) is 18.1 Å². The Labute approximate surface area is 153 Å². The zero-order chi connectivity index (χ0) is 19.1. The maximum absolute atomic E-state index is 12.4. The Hall–Kier alpha value is -2.57. The number of hydrogen-bond acceptors (Lipinski definition) is 6. The molecule has 3 N–H and O–H groups in total. The van der Waals surface area contributed by atoms with E-state index in [9.17, 15) is 20.1 Å². The highest BCUT2D eigenvalue weighted by Gasteiger charge is 2.33. The molecule has 0 aliphatic rings. The van der Waals surface area contributed by atoms with Crippen molar-refractivity contribution in [2.45, 2.75) is 25.5 Å². The van der Waals surface area contributed by atoms with Gasteiger partial charge in [-0.05, 0) is 43.7 Å². The standard InChI is InChI=1S/C20H25NO5/c1-3-26-20(25)18(19(24)15-9-10-16(22)17(23)13-15)21(2)12-11-14-7-5-4-6-8-14/h4-10,13,18-19,22-24H,3,11-12H2,1-2H3/t18-,19?/m0/s1. The minimum Gasteiger partial charge on any atom is -0.504 e. The van der Waals surface area contributed by atoms with Crippen LogP contribution in [0.4, 0.5) is 0 Å². The van der Waals surface area contributed by atoms with E-state index in [4.69, 9.17) is 4.74 Å². The van der Waals surface area contributed by atoms with Crippen molar-refractivity contribution >= 4 is 5.97 Å². The number of phenols is 2. The van der Waals surface area contributed by atoms with Gasteiger partial charge in [-0.3, -0.25) is 9.69 Å². The van der Waals surface area contributed by atoms with Gasteiger partial charge in [0.25, 0.3) is 0 Å². The molecule has 0 spiro atoms. The lowest BCUT2D eigenvalue weighted by Crippen LogP contribution is -2.45. The fourth-order valence-electron chi connectivity index (χ4n) is 2.77. The van der Waals surface area contributed by atoms with Gasteiger partial charge in [-0.25, -0.2) is 0 Å². The Bertz CT molecular complexity index is 719. The molecule has 0 radical (unpaired) electrons. The molecule has 140 valence electrons. The number of ether oxygens (including phenoxy) is 1. The van der Waals surface area contributed by atoms with Crippen molar-refractivity contribution in [2.24, 2.45) is 0 Å². The summed E-state index contributed by atoms with van der Waals surface area (Å²) in [6.07, 6.45) is -0.498. The first-order valence-corrected chi connectivity index (χ1v) is 8.54. The summed E-state index contributed by atoms with van der Waals surface area (Å²) >= 11 is 0. The van der Waals surface area contributed by atoms with Crippen molar-refractivity contribution in [3.8, 4) is 11.5 Å². The topological polar surface area (TPSA) is 90.2 Å². The highest BCUT2D eigenvalue weighted by atomic mass is 16.5. The van der Waals surface area contributed by atoms with E-state index < -0.39 is 18.1 Å². The molecule has 2 rings (SSSR count). The summed E-state index contributed by atoms with van der Waals surface area (Å²) < 4.78 is 5.12. The molecule has 0 saturated carbocycles. The molecule has 0 amide bonds. The summed E-state index contributed by atoms with van der Waals surface area (Å²) in [5, 5.41) is 29.8. The van der Waals surface area contributed by atoms with Gasteiger partial charge in [-0.15, -0.1) is 0 Å². The monoisotopic (exact) mass is 359 g/mol. The van der Waals surface area contributed by atoms with E-state index in [1.54, 1.807) is 18.9 Å². The van der Waals surface area contributed by atoms with Gasteiger partial charge in [0.1, 0.15) is 12.1 Å². The summed E-state index contributed by atoms with van der Waals surface area (Å²) in [5.74, 6) is -1.18. The average Bonchev–Trinajstić information content (AvgIpc) is 2.63. The molecule has 6 heteroatoms. The second-order valence-electron chi connectivity index (χ2n) is 6.11. The fraction of sp³-hybridized carbons (Fsp3) is 0.350. The average molecular weight is 359 g/mol. The Balaban J connectivity index is 2.18. The predicted octanol–water partition coefficient (Wildman–Crippen LogP) is 2.24. The number of aliphatic hydroxyl groups is 1. The first-order chi connectivity index (χ1) is 12.4. The molecular weight excluding hydrogens is 334 g/mol. The lowest BCUT2D eigenvalue weighted by molar-refractivity contribution is -0.153. The van der Waals surface area contributed by atoms with Crippen molar-refractivity contribution in [2.75, 3.05) is 20.2 Å². The van der Waals surface area contributed by atoms with Crippen LogP contribution in [0.15, 0.2) is 48.5 Å². The second-order valence-corrected chi connectivity index (χ2v) is 6.11. The molecule has 0 saturated heterocycles. The normalized spacial score (nSPS) is 13.4. The molecule has 0 aromatic heterocycles. The fourth-order valence-corrected chi connectivity index (χ4v) is 2.77. The first kappa shape index (κ1) is 19.8. The minimum atomic E-state index is -1.21. The van der Waals surface area contributed by atoms with Gasteiger partial charge < -0.3 is 20.1 Å². The molecule has 1 unspecified atom stereocenters. The van der Waals surface area contributed by atoms with E-state index in [2.05, 4.69) is 0 Å². The smallest absolute Gasteiger partial charge is 0.326 e. The summed E-state index contributed by atoms with van der Waals surface area (Å²) in [4.78, 5) is 14.2. The SMILES string of the molecule is CCOC(=O)[C@H](C(O)c1ccc(O)c(O)c1)N(C)CCc1ccccc1. The number of likely N-dealkylation sites (N-methyl/N-ethyl adjacent to an activating group) is 1. The van der Waals surface area contributed by atoms with Gasteiger partial charge >= 0.3 is 5.97 Å². The molecule has 0 aliphatic carbocycles. The van der Waals surface area contributed by atoms with Crippen molar-refractivity contribution < 1.29 is 24.9 Å². The van der Waals surface area contributed by atoms with Gasteiger partial charge in [-0.1, -0.05) is 36.4 Å². The minimum absolute atomic E-state index is 0.204. The van der Waals surface area contributed by atoms with Crippen molar-refractivity contribution in [1.82, 2.24) is 4.90 Å². The first-order valence-electron chi connectivity index (χ1n) is 8.54. The summed E-state index contributed by atoms with van der Waals surface area (Å²) in [6.45, 7) is 2.45. The summed E-state index contributed by atoms with van der Waals surface area (Å²) in [6, 6.07) is 12.9. The van der Waals surface area contributed by atoms with Crippen LogP contribution < -0.4 is 0 Å². The van der Waals surface area contributed by atoms with Crippen LogP contribution in [0.25, 0.3) is 0 Å². The highest BCUT2D eigenvalue weighted by Crippen LogP contribution is 2.30. The van der Waals surface area contributed by atoms with Crippen LogP contribution in [0, 0.1) is 0 Å². The third-order valence-electron chi connectivity index (χ3n) is 4.24. The number of benzene rings is 2. The zero-order valence-corrected chi connectivity index (χ0v) is 15.0. The van der Waals surface area contributed by atoms with Gasteiger partial charge in [-0.2, -0.15) is 0 Å². The number of aliphatic hydroxyl groups excluding tert-OH is 1. The van der Waals surface area contributed by atoms with Gasteiger partial charge in [0.2, 0.25) is 0 Å². The van der Waals surface area contributed by atoms with E-state index in [1.807, 2.05) is 30.3 Å². The Morgan fingerprint density at radius 3 is 2.42 bits per heavy atom. The quantitative estimate of drug-likeness (QED) is 0.495. The molecule has 2 aromatic carbocycles. The maximum atomic E-state index is 12.4. The number of aromatic hydroxyl groups is 2. The van der Waals surface area contributed by atoms with E-state index in [0.717, 1.165) is 5.56 Å². The molecule has 6 nitrogen and oxygen atoms in total. The summed E-state index contributed by atoms with van der Waals surface area (Å²) in [5.41, 5.74) is 1.45. The number of hydrogen-bond donors (Lipinski definition) is 3. The largest absolute Gasteiger partial charge is 0.504 e. The molecule has 0 aliphatic heterocycles. The molecule has 0 bridgehead atoms. The van der Waals surface area contributed by atoms with Crippen LogP contribution in [0.5, 0.6) is 11.5 Å². The number of nitrogens with zero attached hydrogens (tertiary/aromatic N) is 1. The Morgan fingerprint density at radius 1 is 1.12 bits per heavy atom. The predicted molar refractivity (Wildman–Crippen MR) is 97.9 cm³/mol. The third kappa shape index (κ3) is 4.97. The van der Waals surface area contributed by atoms with Crippen molar-refractivity contribution in [3.63, 3.8) is 0 Å². The molecule has 26 heavy (non-hydrogen) atoms. The molecular formula is C20H25NO5. The van der Waals surface area contributed by atoms with Crippen LogP contribution in [-0.2, 0) is 16.0 Å². The van der Waals surface area contributed by atoms with E-state index in [0.29, 0.717) is 18.5 Å². The number of esters is 1. The second kappa shape index (κ2) is 9.22. The maximum Gasteiger partial charge on any atom is 0.326 e. The van der Waals surface area contributed by atoms with Crippen molar-refractivity contribution in [3.05, 3.63) is 59.7 Å². The number of carbonyl (C=O) groups excluding carboxylic acids is 1. The third-order valence-corrected chi connectivity index (χ3v) is 4.24. The lowest BCUT2D eigenvalue weighted by Gasteiger charge is -2.30. The molecule has 2 atom stereocenters.